The Labute approximate surface area is 118 Å². The predicted octanol–water partition coefficient (Wildman–Crippen LogP) is 3.36. The number of aryl methyl sites for hydroxylation is 1. The van der Waals surface area contributed by atoms with Gasteiger partial charge in [-0.3, -0.25) is 0 Å². The maximum absolute atomic E-state index is 6.12. The highest BCUT2D eigenvalue weighted by atomic mass is 32.2. The van der Waals surface area contributed by atoms with Crippen molar-refractivity contribution in [1.82, 2.24) is 0 Å². The first-order chi connectivity index (χ1) is 9.17. The van der Waals surface area contributed by atoms with Gasteiger partial charge in [0.25, 0.3) is 0 Å². The normalized spacial score (nSPS) is 25.2. The van der Waals surface area contributed by atoms with Crippen molar-refractivity contribution in [2.75, 3.05) is 18.1 Å². The largest absolute Gasteiger partial charge is 0.398 e. The maximum atomic E-state index is 6.12. The van der Waals surface area contributed by atoms with Gasteiger partial charge in [0, 0.05) is 29.2 Å². The minimum Gasteiger partial charge on any atom is -0.398 e. The number of hydrogen-bond acceptors (Lipinski definition) is 4. The van der Waals surface area contributed by atoms with Crippen LogP contribution in [0.5, 0.6) is 0 Å². The van der Waals surface area contributed by atoms with Crippen molar-refractivity contribution in [3.05, 3.63) is 23.8 Å². The molecule has 0 aromatic heterocycles. The van der Waals surface area contributed by atoms with Crippen molar-refractivity contribution in [2.45, 2.75) is 49.4 Å². The highest BCUT2D eigenvalue weighted by Crippen LogP contribution is 2.40. The van der Waals surface area contributed by atoms with E-state index >= 15 is 0 Å². The van der Waals surface area contributed by atoms with Crippen molar-refractivity contribution in [1.29, 1.82) is 0 Å². The Hall–Kier alpha value is -0.710. The van der Waals surface area contributed by atoms with E-state index in [1.54, 1.807) is 11.8 Å². The molecule has 4 heteroatoms. The molecule has 1 unspecified atom stereocenters. The molecule has 2 aliphatic rings. The van der Waals surface area contributed by atoms with E-state index in [2.05, 4.69) is 13.0 Å². The molecule has 2 N–H and O–H groups in total. The highest BCUT2D eigenvalue weighted by molar-refractivity contribution is 7.99. The summed E-state index contributed by atoms with van der Waals surface area (Å²) in [6.45, 7) is 2.81. The van der Waals surface area contributed by atoms with Crippen molar-refractivity contribution in [2.24, 2.45) is 0 Å². The summed E-state index contributed by atoms with van der Waals surface area (Å²) in [5.74, 6) is 0.665. The number of benzene rings is 1. The summed E-state index contributed by atoms with van der Waals surface area (Å²) in [4.78, 5) is 1.15. The molecule has 19 heavy (non-hydrogen) atoms. The van der Waals surface area contributed by atoms with E-state index in [0.29, 0.717) is 0 Å². The predicted molar refractivity (Wildman–Crippen MR) is 78.3 cm³/mol. The summed E-state index contributed by atoms with van der Waals surface area (Å²) in [6, 6.07) is 6.16. The number of thioether (sulfide) groups is 1. The van der Waals surface area contributed by atoms with Gasteiger partial charge in [-0.1, -0.05) is 6.07 Å². The number of hydrogen-bond donors (Lipinski definition) is 1. The lowest BCUT2D eigenvalue weighted by molar-refractivity contribution is -0.159. The summed E-state index contributed by atoms with van der Waals surface area (Å²) >= 11 is 1.77. The molecule has 1 aromatic carbocycles. The maximum Gasteiger partial charge on any atom is 0.168 e. The van der Waals surface area contributed by atoms with E-state index in [1.807, 2.05) is 12.1 Å². The fraction of sp³-hybridized carbons (Fsp3) is 0.600. The molecule has 1 spiro atoms. The fourth-order valence-electron chi connectivity index (χ4n) is 2.82. The van der Waals surface area contributed by atoms with Gasteiger partial charge in [-0.15, -0.1) is 11.8 Å². The Morgan fingerprint density at radius 1 is 1.37 bits per heavy atom. The van der Waals surface area contributed by atoms with Crippen LogP contribution in [0.4, 0.5) is 5.69 Å². The lowest BCUT2D eigenvalue weighted by Gasteiger charge is -2.21. The molecule has 3 rings (SSSR count). The molecule has 1 atom stereocenters. The van der Waals surface area contributed by atoms with Crippen LogP contribution in [0, 0.1) is 6.92 Å². The van der Waals surface area contributed by atoms with Crippen molar-refractivity contribution in [3.8, 4) is 0 Å². The zero-order chi connectivity index (χ0) is 13.3. The van der Waals surface area contributed by atoms with Gasteiger partial charge in [-0.25, -0.2) is 0 Å². The van der Waals surface area contributed by atoms with Crippen LogP contribution in [0.2, 0.25) is 0 Å². The summed E-state index contributed by atoms with van der Waals surface area (Å²) in [5.41, 5.74) is 8.09. The van der Waals surface area contributed by atoms with Gasteiger partial charge in [0.1, 0.15) is 0 Å². The first-order valence-electron chi connectivity index (χ1n) is 6.98. The second-order valence-corrected chi connectivity index (χ2v) is 6.58. The van der Waals surface area contributed by atoms with Crippen LogP contribution in [0.25, 0.3) is 0 Å². The standard InChI is InChI=1S/C15H21NO2S/c1-11-4-5-13(16)14(8-11)19-10-12-9-17-15(18-12)6-2-3-7-15/h4-5,8,12H,2-3,6-7,9-10,16H2,1H3. The lowest BCUT2D eigenvalue weighted by Crippen LogP contribution is -2.27. The van der Waals surface area contributed by atoms with E-state index in [4.69, 9.17) is 15.2 Å². The number of anilines is 1. The zero-order valence-electron chi connectivity index (χ0n) is 11.4. The number of nitrogen functional groups attached to an aromatic ring is 1. The molecule has 104 valence electrons. The second-order valence-electron chi connectivity index (χ2n) is 5.52. The molecule has 1 heterocycles. The number of nitrogens with two attached hydrogens (primary N) is 1. The van der Waals surface area contributed by atoms with Crippen molar-refractivity contribution in [3.63, 3.8) is 0 Å². The molecule has 3 nitrogen and oxygen atoms in total. The highest BCUT2D eigenvalue weighted by Gasteiger charge is 2.43. The lowest BCUT2D eigenvalue weighted by atomic mass is 10.2. The summed E-state index contributed by atoms with van der Waals surface area (Å²) in [6.07, 6.45) is 4.76. The van der Waals surface area contributed by atoms with Crippen LogP contribution in [0.3, 0.4) is 0 Å². The Morgan fingerprint density at radius 3 is 2.95 bits per heavy atom. The molecule has 0 amide bonds. The fourth-order valence-corrected chi connectivity index (χ4v) is 3.86. The minimum atomic E-state index is -0.247. The third-order valence-corrected chi connectivity index (χ3v) is 5.08. The van der Waals surface area contributed by atoms with Crippen LogP contribution < -0.4 is 5.73 Å². The second kappa shape index (κ2) is 5.35. The Bertz CT molecular complexity index is 457. The monoisotopic (exact) mass is 279 g/mol. The van der Waals surface area contributed by atoms with Gasteiger partial charge >= 0.3 is 0 Å². The third kappa shape index (κ3) is 2.91. The smallest absolute Gasteiger partial charge is 0.168 e. The van der Waals surface area contributed by atoms with E-state index in [9.17, 15) is 0 Å². The van der Waals surface area contributed by atoms with Crippen molar-refractivity contribution >= 4 is 17.4 Å². The van der Waals surface area contributed by atoms with Crippen LogP contribution in [-0.4, -0.2) is 24.3 Å². The van der Waals surface area contributed by atoms with Crippen molar-refractivity contribution < 1.29 is 9.47 Å². The SMILES string of the molecule is Cc1ccc(N)c(SCC2COC3(CCCC3)O2)c1. The Kier molecular flexibility index (Phi) is 3.74. The average Bonchev–Trinajstić information content (AvgIpc) is 3.02. The Balaban J connectivity index is 1.57. The molecule has 1 saturated carbocycles. The van der Waals surface area contributed by atoms with Gasteiger partial charge in [-0.2, -0.15) is 0 Å². The number of rotatable bonds is 3. The molecular formula is C15H21NO2S. The van der Waals surface area contributed by atoms with Crippen LogP contribution in [0.1, 0.15) is 31.2 Å². The molecule has 1 aliphatic heterocycles. The molecule has 2 fully saturated rings. The quantitative estimate of drug-likeness (QED) is 0.680. The van der Waals surface area contributed by atoms with E-state index in [-0.39, 0.29) is 11.9 Å². The zero-order valence-corrected chi connectivity index (χ0v) is 12.2. The first-order valence-corrected chi connectivity index (χ1v) is 7.96. The molecular weight excluding hydrogens is 258 g/mol. The number of ether oxygens (including phenoxy) is 2. The van der Waals surface area contributed by atoms with Gasteiger partial charge < -0.3 is 15.2 Å². The van der Waals surface area contributed by atoms with Crippen LogP contribution in [-0.2, 0) is 9.47 Å². The minimum absolute atomic E-state index is 0.197. The molecule has 1 aliphatic carbocycles. The average molecular weight is 279 g/mol. The van der Waals surface area contributed by atoms with Gasteiger partial charge in [0.2, 0.25) is 0 Å². The Morgan fingerprint density at radius 2 is 2.16 bits per heavy atom. The third-order valence-electron chi connectivity index (χ3n) is 3.87. The summed E-state index contributed by atoms with van der Waals surface area (Å²) < 4.78 is 12.0. The molecule has 1 saturated heterocycles. The van der Waals surface area contributed by atoms with Gasteiger partial charge in [0.05, 0.1) is 12.7 Å². The van der Waals surface area contributed by atoms with E-state index in [0.717, 1.165) is 35.8 Å². The summed E-state index contributed by atoms with van der Waals surface area (Å²) in [5, 5.41) is 0. The van der Waals surface area contributed by atoms with Gasteiger partial charge in [-0.05, 0) is 37.5 Å². The van der Waals surface area contributed by atoms with E-state index < -0.39 is 0 Å². The molecule has 1 aromatic rings. The van der Waals surface area contributed by atoms with Crippen LogP contribution in [0.15, 0.2) is 23.1 Å². The topological polar surface area (TPSA) is 44.5 Å². The summed E-state index contributed by atoms with van der Waals surface area (Å²) in [7, 11) is 0. The van der Waals surface area contributed by atoms with E-state index in [1.165, 1.54) is 18.4 Å². The molecule has 0 bridgehead atoms. The first kappa shape index (κ1) is 13.3. The van der Waals surface area contributed by atoms with Crippen LogP contribution >= 0.6 is 11.8 Å². The van der Waals surface area contributed by atoms with Gasteiger partial charge in [0.15, 0.2) is 5.79 Å². The molecule has 0 radical (unpaired) electrons.